The Labute approximate surface area is 128 Å². The van der Waals surface area contributed by atoms with Crippen molar-refractivity contribution < 1.29 is 0 Å². The summed E-state index contributed by atoms with van der Waals surface area (Å²) in [6, 6.07) is 8.45. The molecule has 20 heavy (non-hydrogen) atoms. The Morgan fingerprint density at radius 2 is 2.05 bits per heavy atom. The van der Waals surface area contributed by atoms with Gasteiger partial charge in [-0.25, -0.2) is 0 Å². The molecule has 2 heterocycles. The van der Waals surface area contributed by atoms with Gasteiger partial charge in [-0.2, -0.15) is 5.10 Å². The van der Waals surface area contributed by atoms with E-state index < -0.39 is 0 Å². The number of rotatable bonds is 2. The molecule has 1 aliphatic heterocycles. The number of benzene rings is 1. The Hall–Kier alpha value is -1.13. The highest BCUT2D eigenvalue weighted by atomic mass is 79.9. The lowest BCUT2D eigenvalue weighted by atomic mass is 9.91. The highest BCUT2D eigenvalue weighted by molar-refractivity contribution is 9.10. The number of nitrogens with one attached hydrogen (secondary N) is 1. The monoisotopic (exact) mass is 333 g/mol. The first kappa shape index (κ1) is 13.8. The van der Waals surface area contributed by atoms with Gasteiger partial charge in [-0.05, 0) is 50.6 Å². The normalized spacial score (nSPS) is 16.6. The summed E-state index contributed by atoms with van der Waals surface area (Å²) in [6.45, 7) is 4.42. The van der Waals surface area contributed by atoms with Crippen molar-refractivity contribution in [3.63, 3.8) is 0 Å². The van der Waals surface area contributed by atoms with Crippen LogP contribution in [0.4, 0.5) is 0 Å². The van der Waals surface area contributed by atoms with Gasteiger partial charge in [0.05, 0.1) is 11.4 Å². The Morgan fingerprint density at radius 3 is 2.75 bits per heavy atom. The molecule has 0 saturated carbocycles. The summed E-state index contributed by atoms with van der Waals surface area (Å²) in [6.07, 6.45) is 2.38. The molecule has 106 valence electrons. The molecular formula is C16H20BrN3. The van der Waals surface area contributed by atoms with Crippen molar-refractivity contribution in [2.45, 2.75) is 25.7 Å². The average molecular weight is 334 g/mol. The molecule has 0 unspecified atom stereocenters. The maximum absolute atomic E-state index is 4.81. The van der Waals surface area contributed by atoms with E-state index in [-0.39, 0.29) is 0 Å². The fourth-order valence-electron chi connectivity index (χ4n) is 3.17. The Balaban J connectivity index is 2.02. The van der Waals surface area contributed by atoms with Crippen LogP contribution in [0.25, 0.3) is 11.3 Å². The van der Waals surface area contributed by atoms with Crippen molar-refractivity contribution in [3.05, 3.63) is 40.0 Å². The van der Waals surface area contributed by atoms with Crippen molar-refractivity contribution in [2.24, 2.45) is 7.05 Å². The van der Waals surface area contributed by atoms with Crippen LogP contribution in [0, 0.1) is 6.92 Å². The van der Waals surface area contributed by atoms with Crippen LogP contribution in [-0.4, -0.2) is 22.9 Å². The maximum Gasteiger partial charge on any atom is 0.0711 e. The highest BCUT2D eigenvalue weighted by Crippen LogP contribution is 2.33. The van der Waals surface area contributed by atoms with Gasteiger partial charge in [-0.3, -0.25) is 4.68 Å². The van der Waals surface area contributed by atoms with Crippen LogP contribution in [0.2, 0.25) is 0 Å². The first-order valence-electron chi connectivity index (χ1n) is 7.17. The van der Waals surface area contributed by atoms with E-state index in [1.165, 1.54) is 35.4 Å². The quantitative estimate of drug-likeness (QED) is 0.909. The maximum atomic E-state index is 4.81. The van der Waals surface area contributed by atoms with Crippen molar-refractivity contribution in [1.82, 2.24) is 15.1 Å². The third-order valence-corrected chi connectivity index (χ3v) is 4.64. The lowest BCUT2D eigenvalue weighted by Crippen LogP contribution is -2.27. The molecule has 1 aromatic heterocycles. The van der Waals surface area contributed by atoms with Gasteiger partial charge in [-0.1, -0.05) is 28.1 Å². The predicted octanol–water partition coefficient (Wildman–Crippen LogP) is 3.63. The van der Waals surface area contributed by atoms with E-state index in [0.29, 0.717) is 5.92 Å². The topological polar surface area (TPSA) is 29.9 Å². The first-order chi connectivity index (χ1) is 9.66. The molecule has 3 nitrogen and oxygen atoms in total. The molecule has 0 aliphatic carbocycles. The van der Waals surface area contributed by atoms with Crippen LogP contribution in [-0.2, 0) is 7.05 Å². The van der Waals surface area contributed by atoms with Gasteiger partial charge < -0.3 is 5.32 Å². The number of hydrogen-bond acceptors (Lipinski definition) is 2. The molecule has 0 atom stereocenters. The van der Waals surface area contributed by atoms with Crippen LogP contribution in [0.3, 0.4) is 0 Å². The van der Waals surface area contributed by atoms with Crippen molar-refractivity contribution in [3.8, 4) is 11.3 Å². The second kappa shape index (κ2) is 5.70. The molecule has 4 heteroatoms. The molecule has 0 spiro atoms. The predicted molar refractivity (Wildman–Crippen MR) is 85.9 cm³/mol. The molecule has 1 saturated heterocycles. The van der Waals surface area contributed by atoms with E-state index in [4.69, 9.17) is 5.10 Å². The zero-order valence-electron chi connectivity index (χ0n) is 12.0. The summed E-state index contributed by atoms with van der Waals surface area (Å²) >= 11 is 3.55. The minimum Gasteiger partial charge on any atom is -0.317 e. The van der Waals surface area contributed by atoms with Gasteiger partial charge in [0.1, 0.15) is 0 Å². The number of aryl methyl sites for hydroxylation is 1. The lowest BCUT2D eigenvalue weighted by Gasteiger charge is -2.21. The summed E-state index contributed by atoms with van der Waals surface area (Å²) in [5.74, 6) is 0.600. The third kappa shape index (κ3) is 2.54. The van der Waals surface area contributed by atoms with E-state index in [1.54, 1.807) is 0 Å². The third-order valence-electron chi connectivity index (χ3n) is 4.14. The second-order valence-corrected chi connectivity index (χ2v) is 6.43. The summed E-state index contributed by atoms with van der Waals surface area (Å²) in [5, 5.41) is 8.24. The molecule has 0 amide bonds. The first-order valence-corrected chi connectivity index (χ1v) is 7.96. The number of hydrogen-bond donors (Lipinski definition) is 1. The molecule has 1 aliphatic rings. The minimum atomic E-state index is 0.600. The van der Waals surface area contributed by atoms with Gasteiger partial charge in [0.15, 0.2) is 0 Å². The molecule has 1 N–H and O–H groups in total. The average Bonchev–Trinajstić information content (AvgIpc) is 2.75. The number of nitrogens with zero attached hydrogens (tertiary/aromatic N) is 2. The smallest absolute Gasteiger partial charge is 0.0711 e. The fourth-order valence-corrected chi connectivity index (χ4v) is 3.57. The van der Waals surface area contributed by atoms with Crippen LogP contribution in [0.5, 0.6) is 0 Å². The van der Waals surface area contributed by atoms with E-state index in [1.807, 2.05) is 11.7 Å². The van der Waals surface area contributed by atoms with E-state index in [0.717, 1.165) is 17.6 Å². The fraction of sp³-hybridized carbons (Fsp3) is 0.438. The van der Waals surface area contributed by atoms with Crippen LogP contribution < -0.4 is 5.32 Å². The van der Waals surface area contributed by atoms with Crippen molar-refractivity contribution in [1.29, 1.82) is 0 Å². The Bertz CT molecular complexity index is 612. The molecule has 2 aromatic rings. The van der Waals surface area contributed by atoms with E-state index in [2.05, 4.69) is 52.4 Å². The molecule has 1 aromatic carbocycles. The molecule has 0 bridgehead atoms. The summed E-state index contributed by atoms with van der Waals surface area (Å²) in [7, 11) is 2.05. The van der Waals surface area contributed by atoms with Crippen molar-refractivity contribution >= 4 is 15.9 Å². The zero-order valence-corrected chi connectivity index (χ0v) is 13.6. The highest BCUT2D eigenvalue weighted by Gasteiger charge is 2.23. The van der Waals surface area contributed by atoms with E-state index in [9.17, 15) is 0 Å². The molecule has 3 rings (SSSR count). The number of aromatic nitrogens is 2. The van der Waals surface area contributed by atoms with Crippen LogP contribution in [0.1, 0.15) is 30.0 Å². The largest absolute Gasteiger partial charge is 0.317 e. The van der Waals surface area contributed by atoms with Gasteiger partial charge in [0.25, 0.3) is 0 Å². The lowest BCUT2D eigenvalue weighted by molar-refractivity contribution is 0.449. The Kier molecular flexibility index (Phi) is 3.94. The summed E-state index contributed by atoms with van der Waals surface area (Å²) in [5.41, 5.74) is 5.08. The van der Waals surface area contributed by atoms with Crippen LogP contribution >= 0.6 is 15.9 Å². The zero-order chi connectivity index (χ0) is 14.1. The standard InChI is InChI=1S/C16H20BrN3/c1-11-15(12-6-8-18-9-7-12)19-20(2)16(11)13-4-3-5-14(17)10-13/h3-5,10,12,18H,6-9H2,1-2H3. The Morgan fingerprint density at radius 1 is 1.30 bits per heavy atom. The van der Waals surface area contributed by atoms with Crippen LogP contribution in [0.15, 0.2) is 28.7 Å². The molecule has 1 fully saturated rings. The number of halogens is 1. The second-order valence-electron chi connectivity index (χ2n) is 5.52. The van der Waals surface area contributed by atoms with Gasteiger partial charge >= 0.3 is 0 Å². The van der Waals surface area contributed by atoms with Gasteiger partial charge in [-0.15, -0.1) is 0 Å². The van der Waals surface area contributed by atoms with Gasteiger partial charge in [0, 0.05) is 23.0 Å². The number of piperidine rings is 1. The summed E-state index contributed by atoms with van der Waals surface area (Å²) < 4.78 is 3.15. The van der Waals surface area contributed by atoms with Gasteiger partial charge in [0.2, 0.25) is 0 Å². The minimum absolute atomic E-state index is 0.600. The molecule has 0 radical (unpaired) electrons. The summed E-state index contributed by atoms with van der Waals surface area (Å²) in [4.78, 5) is 0. The van der Waals surface area contributed by atoms with Crippen molar-refractivity contribution in [2.75, 3.05) is 13.1 Å². The molecular weight excluding hydrogens is 314 g/mol. The SMILES string of the molecule is Cc1c(C2CCNCC2)nn(C)c1-c1cccc(Br)c1. The van der Waals surface area contributed by atoms with E-state index >= 15 is 0 Å².